The lowest BCUT2D eigenvalue weighted by Gasteiger charge is -2.25. The highest BCUT2D eigenvalue weighted by Gasteiger charge is 2.19. The highest BCUT2D eigenvalue weighted by molar-refractivity contribution is 5.74. The van der Waals surface area contributed by atoms with Crippen LogP contribution in [-0.4, -0.2) is 30.9 Å². The highest BCUT2D eigenvalue weighted by atomic mass is 16.5. The first-order valence-electron chi connectivity index (χ1n) is 7.56. The molecule has 0 aromatic heterocycles. The van der Waals surface area contributed by atoms with E-state index in [-0.39, 0.29) is 24.1 Å². The zero-order chi connectivity index (χ0) is 16.6. The molecule has 0 radical (unpaired) electrons. The van der Waals surface area contributed by atoms with Crippen LogP contribution in [0.4, 0.5) is 4.79 Å². The molecule has 1 atom stereocenters. The average molecular weight is 308 g/mol. The van der Waals surface area contributed by atoms with E-state index in [1.54, 1.807) is 7.11 Å². The molecule has 5 nitrogen and oxygen atoms in total. The van der Waals surface area contributed by atoms with E-state index in [4.69, 9.17) is 4.74 Å². The quantitative estimate of drug-likeness (QED) is 0.724. The Morgan fingerprint density at radius 1 is 1.32 bits per heavy atom. The Morgan fingerprint density at radius 3 is 2.59 bits per heavy atom. The van der Waals surface area contributed by atoms with E-state index < -0.39 is 0 Å². The minimum atomic E-state index is -0.263. The summed E-state index contributed by atoms with van der Waals surface area (Å²) in [7, 11) is 1.66. The van der Waals surface area contributed by atoms with Gasteiger partial charge >= 0.3 is 6.03 Å². The number of rotatable bonds is 7. The van der Waals surface area contributed by atoms with Crippen LogP contribution in [-0.2, 0) is 17.9 Å². The van der Waals surface area contributed by atoms with E-state index in [9.17, 15) is 9.90 Å². The lowest BCUT2D eigenvalue weighted by molar-refractivity contribution is 0.185. The van der Waals surface area contributed by atoms with Crippen LogP contribution in [0.5, 0.6) is 0 Å². The van der Waals surface area contributed by atoms with Crippen molar-refractivity contribution in [2.24, 2.45) is 5.41 Å². The number of hydrogen-bond donors (Lipinski definition) is 3. The third kappa shape index (κ3) is 7.43. The number of aliphatic hydroxyl groups is 1. The summed E-state index contributed by atoms with van der Waals surface area (Å²) in [5.41, 5.74) is 2.14. The van der Waals surface area contributed by atoms with Gasteiger partial charge in [0, 0.05) is 13.7 Å². The van der Waals surface area contributed by atoms with Crippen molar-refractivity contribution in [3.05, 3.63) is 35.4 Å². The van der Waals surface area contributed by atoms with Gasteiger partial charge in [-0.15, -0.1) is 0 Å². The van der Waals surface area contributed by atoms with Gasteiger partial charge in [-0.25, -0.2) is 4.79 Å². The largest absolute Gasteiger partial charge is 0.394 e. The summed E-state index contributed by atoms with van der Waals surface area (Å²) in [5.74, 6) is 0. The Morgan fingerprint density at radius 2 is 2.00 bits per heavy atom. The molecule has 0 fully saturated rings. The molecule has 22 heavy (non-hydrogen) atoms. The lowest BCUT2D eigenvalue weighted by Crippen LogP contribution is -2.45. The van der Waals surface area contributed by atoms with Crippen molar-refractivity contribution in [1.82, 2.24) is 10.6 Å². The molecule has 0 spiro atoms. The standard InChI is InChI=1S/C17H28N2O3/c1-17(2,3)9-15(11-20)19-16(21)18-10-13-6-5-7-14(8-13)12-22-4/h5-8,15,20H,9-12H2,1-4H3,(H2,18,19,21). The third-order valence-corrected chi connectivity index (χ3v) is 3.17. The van der Waals surface area contributed by atoms with Gasteiger partial charge in [0.15, 0.2) is 0 Å². The molecule has 0 bridgehead atoms. The Labute approximate surface area is 133 Å². The van der Waals surface area contributed by atoms with Gasteiger partial charge in [-0.2, -0.15) is 0 Å². The summed E-state index contributed by atoms with van der Waals surface area (Å²) in [6.45, 7) is 7.17. The number of methoxy groups -OCH3 is 1. The van der Waals surface area contributed by atoms with Gasteiger partial charge in [0.25, 0.3) is 0 Å². The third-order valence-electron chi connectivity index (χ3n) is 3.17. The number of ether oxygens (including phenoxy) is 1. The summed E-state index contributed by atoms with van der Waals surface area (Å²) in [4.78, 5) is 11.9. The first-order chi connectivity index (χ1) is 10.3. The van der Waals surface area contributed by atoms with Crippen LogP contribution in [0, 0.1) is 5.41 Å². The molecule has 0 heterocycles. The smallest absolute Gasteiger partial charge is 0.315 e. The van der Waals surface area contributed by atoms with Gasteiger partial charge in [-0.3, -0.25) is 0 Å². The Hall–Kier alpha value is -1.59. The normalized spacial score (nSPS) is 12.8. The van der Waals surface area contributed by atoms with E-state index in [1.165, 1.54) is 0 Å². The molecule has 5 heteroatoms. The molecule has 1 aromatic rings. The van der Waals surface area contributed by atoms with Crippen LogP contribution in [0.2, 0.25) is 0 Å². The van der Waals surface area contributed by atoms with E-state index in [2.05, 4.69) is 31.4 Å². The van der Waals surface area contributed by atoms with Crippen LogP contribution in [0.25, 0.3) is 0 Å². The Balaban J connectivity index is 2.46. The highest BCUT2D eigenvalue weighted by Crippen LogP contribution is 2.20. The molecule has 0 aliphatic rings. The molecule has 0 saturated carbocycles. The van der Waals surface area contributed by atoms with Gasteiger partial charge in [-0.1, -0.05) is 45.0 Å². The predicted molar refractivity (Wildman–Crippen MR) is 87.5 cm³/mol. The zero-order valence-corrected chi connectivity index (χ0v) is 14.0. The van der Waals surface area contributed by atoms with Crippen LogP contribution < -0.4 is 10.6 Å². The number of aliphatic hydroxyl groups excluding tert-OH is 1. The molecule has 1 rings (SSSR count). The molecule has 0 aliphatic carbocycles. The minimum absolute atomic E-state index is 0.0508. The van der Waals surface area contributed by atoms with E-state index in [0.29, 0.717) is 13.2 Å². The SMILES string of the molecule is COCc1cccc(CNC(=O)NC(CO)CC(C)(C)C)c1. The second-order valence-corrected chi connectivity index (χ2v) is 6.72. The second-order valence-electron chi connectivity index (χ2n) is 6.72. The van der Waals surface area contributed by atoms with Crippen molar-refractivity contribution in [3.8, 4) is 0 Å². The Bertz CT molecular complexity index is 469. The molecule has 1 aromatic carbocycles. The average Bonchev–Trinajstić information content (AvgIpc) is 2.44. The van der Waals surface area contributed by atoms with E-state index >= 15 is 0 Å². The number of nitrogens with one attached hydrogen (secondary N) is 2. The first-order valence-corrected chi connectivity index (χ1v) is 7.56. The van der Waals surface area contributed by atoms with E-state index in [0.717, 1.165) is 17.5 Å². The van der Waals surface area contributed by atoms with Crippen LogP contribution in [0.3, 0.4) is 0 Å². The maximum Gasteiger partial charge on any atom is 0.315 e. The van der Waals surface area contributed by atoms with Gasteiger partial charge in [0.05, 0.1) is 19.3 Å². The number of hydrogen-bond acceptors (Lipinski definition) is 3. The topological polar surface area (TPSA) is 70.6 Å². The minimum Gasteiger partial charge on any atom is -0.394 e. The summed E-state index contributed by atoms with van der Waals surface area (Å²) in [6.07, 6.45) is 0.722. The van der Waals surface area contributed by atoms with Crippen LogP contribution in [0.15, 0.2) is 24.3 Å². The number of carbonyl (C=O) groups excluding carboxylic acids is 1. The zero-order valence-electron chi connectivity index (χ0n) is 14.0. The summed E-state index contributed by atoms with van der Waals surface area (Å²) >= 11 is 0. The maximum absolute atomic E-state index is 11.9. The maximum atomic E-state index is 11.9. The molecule has 1 unspecified atom stereocenters. The summed E-state index contributed by atoms with van der Waals surface area (Å²) in [6, 6.07) is 7.39. The molecule has 3 N–H and O–H groups in total. The number of amides is 2. The fourth-order valence-electron chi connectivity index (χ4n) is 2.32. The molecular weight excluding hydrogens is 280 g/mol. The number of benzene rings is 1. The summed E-state index contributed by atoms with van der Waals surface area (Å²) in [5, 5.41) is 15.0. The Kier molecular flexibility index (Phi) is 7.35. The van der Waals surface area contributed by atoms with Crippen LogP contribution in [0.1, 0.15) is 38.3 Å². The molecule has 124 valence electrons. The van der Waals surface area contributed by atoms with Crippen molar-refractivity contribution < 1.29 is 14.6 Å². The number of carbonyl (C=O) groups is 1. The fraction of sp³-hybridized carbons (Fsp3) is 0.588. The lowest BCUT2D eigenvalue weighted by atomic mass is 9.88. The molecule has 0 aliphatic heterocycles. The van der Waals surface area contributed by atoms with Crippen molar-refractivity contribution in [1.29, 1.82) is 0 Å². The predicted octanol–water partition coefficient (Wildman–Crippen LogP) is 2.43. The summed E-state index contributed by atoms with van der Waals surface area (Å²) < 4.78 is 5.09. The van der Waals surface area contributed by atoms with Gasteiger partial charge in [0.2, 0.25) is 0 Å². The monoisotopic (exact) mass is 308 g/mol. The molecule has 2 amide bonds. The van der Waals surface area contributed by atoms with Crippen LogP contribution >= 0.6 is 0 Å². The van der Waals surface area contributed by atoms with Gasteiger partial charge in [-0.05, 0) is 23.0 Å². The number of urea groups is 1. The van der Waals surface area contributed by atoms with Crippen molar-refractivity contribution in [2.75, 3.05) is 13.7 Å². The molecular formula is C17H28N2O3. The van der Waals surface area contributed by atoms with Gasteiger partial charge < -0.3 is 20.5 Å². The fourth-order valence-corrected chi connectivity index (χ4v) is 2.32. The van der Waals surface area contributed by atoms with Gasteiger partial charge in [0.1, 0.15) is 0 Å². The van der Waals surface area contributed by atoms with E-state index in [1.807, 2.05) is 24.3 Å². The van der Waals surface area contributed by atoms with Crippen molar-refractivity contribution >= 4 is 6.03 Å². The first kappa shape index (κ1) is 18.5. The molecule has 0 saturated heterocycles. The van der Waals surface area contributed by atoms with Crippen molar-refractivity contribution in [2.45, 2.75) is 46.4 Å². The van der Waals surface area contributed by atoms with Crippen molar-refractivity contribution in [3.63, 3.8) is 0 Å². The second kappa shape index (κ2) is 8.76.